The Hall–Kier alpha value is -2.18. The highest BCUT2D eigenvalue weighted by atomic mass is 35.5. The van der Waals surface area contributed by atoms with Crippen LogP contribution in [0.5, 0.6) is 0 Å². The number of fused-ring (bicyclic) bond motifs is 1. The van der Waals surface area contributed by atoms with Crippen LogP contribution >= 0.6 is 11.6 Å². The van der Waals surface area contributed by atoms with Crippen LogP contribution in [0.4, 0.5) is 5.82 Å². The van der Waals surface area contributed by atoms with Gasteiger partial charge in [0.15, 0.2) is 17.0 Å². The third-order valence-corrected chi connectivity index (χ3v) is 5.40. The van der Waals surface area contributed by atoms with E-state index in [4.69, 9.17) is 26.6 Å². The molecule has 0 N–H and O–H groups in total. The minimum absolute atomic E-state index is 0.205. The molecule has 0 bridgehead atoms. The van der Waals surface area contributed by atoms with E-state index >= 15 is 0 Å². The molecule has 142 valence electrons. The van der Waals surface area contributed by atoms with E-state index in [1.54, 1.807) is 0 Å². The molecule has 2 aromatic heterocycles. The highest BCUT2D eigenvalue weighted by Gasteiger charge is 2.25. The molecule has 1 aromatic carbocycles. The SMILES string of the molecule is Cc1nc(N2CCN(C)CC2)c2nc(-c3ccccc3Cl)n(C(C)C)c2n1. The smallest absolute Gasteiger partial charge is 0.166 e. The predicted octanol–water partition coefficient (Wildman–Crippen LogP) is 3.79. The summed E-state index contributed by atoms with van der Waals surface area (Å²) in [4.78, 5) is 19.2. The topological polar surface area (TPSA) is 50.1 Å². The van der Waals surface area contributed by atoms with Crippen LogP contribution in [-0.4, -0.2) is 57.6 Å². The summed E-state index contributed by atoms with van der Waals surface area (Å²) in [5.41, 5.74) is 2.66. The number of likely N-dealkylation sites (N-methyl/N-ethyl adjacent to an activating group) is 1. The van der Waals surface area contributed by atoms with Crippen molar-refractivity contribution in [3.63, 3.8) is 0 Å². The van der Waals surface area contributed by atoms with E-state index in [2.05, 4.69) is 35.3 Å². The number of hydrogen-bond acceptors (Lipinski definition) is 5. The van der Waals surface area contributed by atoms with Gasteiger partial charge in [-0.15, -0.1) is 0 Å². The first-order chi connectivity index (χ1) is 13.0. The number of rotatable bonds is 3. The number of halogens is 1. The molecule has 0 atom stereocenters. The molecule has 0 unspecified atom stereocenters. The number of anilines is 1. The van der Waals surface area contributed by atoms with Crippen LogP contribution in [0, 0.1) is 6.92 Å². The second-order valence-corrected chi connectivity index (χ2v) is 7.84. The third kappa shape index (κ3) is 3.28. The number of nitrogens with zero attached hydrogens (tertiary/aromatic N) is 6. The summed E-state index contributed by atoms with van der Waals surface area (Å²) < 4.78 is 2.17. The Kier molecular flexibility index (Phi) is 4.78. The van der Waals surface area contributed by atoms with Crippen LogP contribution in [0.2, 0.25) is 5.02 Å². The zero-order chi connectivity index (χ0) is 19.1. The minimum Gasteiger partial charge on any atom is -0.352 e. The largest absolute Gasteiger partial charge is 0.352 e. The van der Waals surface area contributed by atoms with Crippen LogP contribution in [0.25, 0.3) is 22.6 Å². The van der Waals surface area contributed by atoms with Crippen LogP contribution in [0.3, 0.4) is 0 Å². The summed E-state index contributed by atoms with van der Waals surface area (Å²) in [6.45, 7) is 10.2. The van der Waals surface area contributed by atoms with Crippen molar-refractivity contribution in [2.24, 2.45) is 0 Å². The van der Waals surface area contributed by atoms with E-state index < -0.39 is 0 Å². The van der Waals surface area contributed by atoms with Crippen LogP contribution < -0.4 is 4.90 Å². The van der Waals surface area contributed by atoms with Gasteiger partial charge < -0.3 is 14.4 Å². The Morgan fingerprint density at radius 1 is 1.00 bits per heavy atom. The van der Waals surface area contributed by atoms with Gasteiger partial charge in [-0.25, -0.2) is 15.0 Å². The van der Waals surface area contributed by atoms with Gasteiger partial charge in [0.25, 0.3) is 0 Å². The van der Waals surface area contributed by atoms with Gasteiger partial charge in [0, 0.05) is 37.8 Å². The maximum absolute atomic E-state index is 6.49. The molecule has 0 saturated carbocycles. The van der Waals surface area contributed by atoms with Crippen molar-refractivity contribution >= 4 is 28.6 Å². The standard InChI is InChI=1S/C20H25ClN6/c1-13(2)27-18(15-7-5-6-8-16(15)21)24-17-19(22-14(3)23-20(17)27)26-11-9-25(4)10-12-26/h5-8,13H,9-12H2,1-4H3. The first kappa shape index (κ1) is 18.2. The maximum Gasteiger partial charge on any atom is 0.166 e. The molecular weight excluding hydrogens is 360 g/mol. The molecule has 3 aromatic rings. The van der Waals surface area contributed by atoms with Crippen molar-refractivity contribution in [3.05, 3.63) is 35.1 Å². The molecule has 6 nitrogen and oxygen atoms in total. The monoisotopic (exact) mass is 384 g/mol. The van der Waals surface area contributed by atoms with E-state index in [0.717, 1.165) is 60.4 Å². The molecule has 0 amide bonds. The van der Waals surface area contributed by atoms with Gasteiger partial charge in [-0.3, -0.25) is 0 Å². The molecule has 3 heterocycles. The summed E-state index contributed by atoms with van der Waals surface area (Å²) in [6.07, 6.45) is 0. The van der Waals surface area contributed by atoms with Crippen LogP contribution in [0.1, 0.15) is 25.7 Å². The first-order valence-electron chi connectivity index (χ1n) is 9.40. The number of piperazine rings is 1. The Morgan fingerprint density at radius 2 is 1.70 bits per heavy atom. The van der Waals surface area contributed by atoms with Gasteiger partial charge in [0.2, 0.25) is 0 Å². The lowest BCUT2D eigenvalue weighted by Crippen LogP contribution is -2.45. The summed E-state index contributed by atoms with van der Waals surface area (Å²) in [7, 11) is 2.15. The highest BCUT2D eigenvalue weighted by Crippen LogP contribution is 2.34. The minimum atomic E-state index is 0.205. The van der Waals surface area contributed by atoms with Crippen molar-refractivity contribution in [2.45, 2.75) is 26.8 Å². The second kappa shape index (κ2) is 7.09. The lowest BCUT2D eigenvalue weighted by molar-refractivity contribution is 0.312. The number of aryl methyl sites for hydroxylation is 1. The molecule has 1 fully saturated rings. The van der Waals surface area contributed by atoms with Gasteiger partial charge in [-0.05, 0) is 40.0 Å². The van der Waals surface area contributed by atoms with Gasteiger partial charge >= 0.3 is 0 Å². The zero-order valence-electron chi connectivity index (χ0n) is 16.3. The van der Waals surface area contributed by atoms with E-state index in [1.807, 2.05) is 31.2 Å². The molecule has 1 aliphatic rings. The van der Waals surface area contributed by atoms with Crippen molar-refractivity contribution in [1.82, 2.24) is 24.4 Å². The van der Waals surface area contributed by atoms with Crippen molar-refractivity contribution < 1.29 is 0 Å². The zero-order valence-corrected chi connectivity index (χ0v) is 17.0. The van der Waals surface area contributed by atoms with Crippen LogP contribution in [-0.2, 0) is 0 Å². The average molecular weight is 385 g/mol. The van der Waals surface area contributed by atoms with Crippen LogP contribution in [0.15, 0.2) is 24.3 Å². The van der Waals surface area contributed by atoms with Crippen molar-refractivity contribution in [3.8, 4) is 11.4 Å². The Labute approximate surface area is 164 Å². The lowest BCUT2D eigenvalue weighted by atomic mass is 10.2. The van der Waals surface area contributed by atoms with Gasteiger partial charge in [-0.2, -0.15) is 0 Å². The van der Waals surface area contributed by atoms with E-state index in [-0.39, 0.29) is 6.04 Å². The molecular formula is C20H25ClN6. The fourth-order valence-electron chi connectivity index (χ4n) is 3.63. The fraction of sp³-hybridized carbons (Fsp3) is 0.450. The third-order valence-electron chi connectivity index (χ3n) is 5.07. The quantitative estimate of drug-likeness (QED) is 0.687. The van der Waals surface area contributed by atoms with Gasteiger partial charge in [0.1, 0.15) is 11.6 Å². The molecule has 0 radical (unpaired) electrons. The lowest BCUT2D eigenvalue weighted by Gasteiger charge is -2.33. The molecule has 27 heavy (non-hydrogen) atoms. The summed E-state index contributed by atoms with van der Waals surface area (Å²) in [5, 5.41) is 0.695. The van der Waals surface area contributed by atoms with E-state index in [9.17, 15) is 0 Å². The van der Waals surface area contributed by atoms with Gasteiger partial charge in [0.05, 0.1) is 5.02 Å². The Bertz CT molecular complexity index is 972. The molecule has 0 aliphatic carbocycles. The number of benzene rings is 1. The first-order valence-corrected chi connectivity index (χ1v) is 9.78. The molecule has 1 aliphatic heterocycles. The van der Waals surface area contributed by atoms with Gasteiger partial charge in [-0.1, -0.05) is 23.7 Å². The predicted molar refractivity (Wildman–Crippen MR) is 111 cm³/mol. The second-order valence-electron chi connectivity index (χ2n) is 7.44. The highest BCUT2D eigenvalue weighted by molar-refractivity contribution is 6.33. The Morgan fingerprint density at radius 3 is 2.37 bits per heavy atom. The molecule has 0 spiro atoms. The fourth-order valence-corrected chi connectivity index (χ4v) is 3.85. The summed E-state index contributed by atoms with van der Waals surface area (Å²) >= 11 is 6.49. The average Bonchev–Trinajstić information content (AvgIpc) is 3.01. The number of imidazole rings is 1. The molecule has 7 heteroatoms. The summed E-state index contributed by atoms with van der Waals surface area (Å²) in [5.74, 6) is 2.54. The number of hydrogen-bond donors (Lipinski definition) is 0. The maximum atomic E-state index is 6.49. The number of aromatic nitrogens is 4. The molecule has 4 rings (SSSR count). The Balaban J connectivity index is 1.94. The van der Waals surface area contributed by atoms with Crippen molar-refractivity contribution in [2.75, 3.05) is 38.1 Å². The summed E-state index contributed by atoms with van der Waals surface area (Å²) in [6, 6.07) is 8.05. The molecule has 1 saturated heterocycles. The normalized spacial score (nSPS) is 15.9. The van der Waals surface area contributed by atoms with E-state index in [0.29, 0.717) is 5.02 Å². The van der Waals surface area contributed by atoms with Crippen molar-refractivity contribution in [1.29, 1.82) is 0 Å². The van der Waals surface area contributed by atoms with E-state index in [1.165, 1.54) is 0 Å².